The Labute approximate surface area is 132 Å². The topological polar surface area (TPSA) is 137 Å². The molecule has 0 bridgehead atoms. The number of hydrogen-bond acceptors (Lipinski definition) is 8. The average Bonchev–Trinajstić information content (AvgIpc) is 2.45. The molecule has 0 N–H and O–H groups in total. The monoisotopic (exact) mass is 329 g/mol. The molecule has 0 unspecified atom stereocenters. The minimum atomic E-state index is -0.905. The highest BCUT2D eigenvalue weighted by Gasteiger charge is 2.43. The van der Waals surface area contributed by atoms with Gasteiger partial charge in [0.1, 0.15) is 24.9 Å². The molecule has 0 spiro atoms. The third kappa shape index (κ3) is 6.13. The number of hydrogen-bond donors (Lipinski definition) is 0. The van der Waals surface area contributed by atoms with Crippen molar-refractivity contribution in [2.75, 3.05) is 19.8 Å². The second-order valence-corrected chi connectivity index (χ2v) is 5.01. The Kier molecular flexibility index (Phi) is 7.30. The maximum atomic E-state index is 11.3. The number of esters is 3. The fourth-order valence-corrected chi connectivity index (χ4v) is 2.20. The highest BCUT2D eigenvalue weighted by atomic mass is 16.6. The molecule has 1 aliphatic rings. The smallest absolute Gasteiger partial charge is 0.302 e. The standard InChI is InChI=1S/C13H19N3O7/c1-7(17)20-4-10-5-22-11(6-21-8(2)18)12(15-16-14)13(10)23-9(3)19/h10-13H,4-6H2,1-3H3/t10-,11-,12+,13+/m1/s1. The lowest BCUT2D eigenvalue weighted by Crippen LogP contribution is -2.53. The van der Waals surface area contributed by atoms with Crippen LogP contribution in [0.1, 0.15) is 20.8 Å². The number of carbonyl (C=O) groups excluding carboxylic acids is 3. The third-order valence-corrected chi connectivity index (χ3v) is 3.15. The molecule has 10 nitrogen and oxygen atoms in total. The first kappa shape index (κ1) is 18.7. The molecule has 4 atom stereocenters. The Morgan fingerprint density at radius 1 is 1.13 bits per heavy atom. The number of carbonyl (C=O) groups is 3. The van der Waals surface area contributed by atoms with Crippen LogP contribution in [0.2, 0.25) is 0 Å². The maximum absolute atomic E-state index is 11.3. The zero-order valence-electron chi connectivity index (χ0n) is 13.1. The van der Waals surface area contributed by atoms with E-state index in [0.29, 0.717) is 0 Å². The van der Waals surface area contributed by atoms with Gasteiger partial charge in [0.05, 0.1) is 19.1 Å². The van der Waals surface area contributed by atoms with Crippen LogP contribution in [0.4, 0.5) is 0 Å². The molecule has 1 fully saturated rings. The van der Waals surface area contributed by atoms with Gasteiger partial charge in [-0.3, -0.25) is 14.4 Å². The van der Waals surface area contributed by atoms with Crippen LogP contribution in [0, 0.1) is 5.92 Å². The highest BCUT2D eigenvalue weighted by Crippen LogP contribution is 2.27. The lowest BCUT2D eigenvalue weighted by atomic mass is 9.91. The van der Waals surface area contributed by atoms with Crippen molar-refractivity contribution in [3.8, 4) is 0 Å². The molecule has 0 aromatic carbocycles. The van der Waals surface area contributed by atoms with Crippen LogP contribution in [0.15, 0.2) is 5.11 Å². The van der Waals surface area contributed by atoms with Crippen LogP contribution >= 0.6 is 0 Å². The van der Waals surface area contributed by atoms with Crippen molar-refractivity contribution >= 4 is 17.9 Å². The molecule has 1 heterocycles. The van der Waals surface area contributed by atoms with E-state index in [1.54, 1.807) is 0 Å². The fourth-order valence-electron chi connectivity index (χ4n) is 2.20. The SMILES string of the molecule is CC(=O)OC[C@@H]1CO[C@H](COC(C)=O)[C@H](N=[N+]=[N-])[C@H]1OC(C)=O. The van der Waals surface area contributed by atoms with Crippen LogP contribution in [-0.2, 0) is 33.3 Å². The highest BCUT2D eigenvalue weighted by molar-refractivity contribution is 5.67. The molecule has 23 heavy (non-hydrogen) atoms. The fraction of sp³-hybridized carbons (Fsp3) is 0.769. The normalized spacial score (nSPS) is 26.6. The molecule has 0 aromatic heterocycles. The molecular weight excluding hydrogens is 310 g/mol. The molecule has 128 valence electrons. The summed E-state index contributed by atoms with van der Waals surface area (Å²) in [4.78, 5) is 35.9. The Morgan fingerprint density at radius 3 is 2.26 bits per heavy atom. The Morgan fingerprint density at radius 2 is 1.74 bits per heavy atom. The van der Waals surface area contributed by atoms with E-state index in [1.165, 1.54) is 20.8 Å². The number of rotatable bonds is 6. The van der Waals surface area contributed by atoms with E-state index in [9.17, 15) is 14.4 Å². The van der Waals surface area contributed by atoms with Crippen molar-refractivity contribution in [1.29, 1.82) is 0 Å². The Bertz CT molecular complexity index is 504. The van der Waals surface area contributed by atoms with E-state index in [1.807, 2.05) is 0 Å². The molecule has 0 radical (unpaired) electrons. The first-order chi connectivity index (χ1) is 10.8. The minimum absolute atomic E-state index is 0.0506. The van der Waals surface area contributed by atoms with Gasteiger partial charge in [-0.15, -0.1) is 0 Å². The number of nitrogens with zero attached hydrogens (tertiary/aromatic N) is 3. The molecule has 0 aliphatic carbocycles. The van der Waals surface area contributed by atoms with Gasteiger partial charge in [-0.05, 0) is 5.53 Å². The molecule has 0 saturated carbocycles. The van der Waals surface area contributed by atoms with Crippen molar-refractivity contribution in [1.82, 2.24) is 0 Å². The van der Waals surface area contributed by atoms with Crippen LogP contribution in [-0.4, -0.2) is 56.0 Å². The first-order valence-electron chi connectivity index (χ1n) is 6.95. The summed E-state index contributed by atoms with van der Waals surface area (Å²) < 4.78 is 20.5. The minimum Gasteiger partial charge on any atom is -0.465 e. The summed E-state index contributed by atoms with van der Waals surface area (Å²) in [5.74, 6) is -2.07. The van der Waals surface area contributed by atoms with Gasteiger partial charge in [-0.1, -0.05) is 5.11 Å². The van der Waals surface area contributed by atoms with Crippen molar-refractivity contribution in [2.45, 2.75) is 39.0 Å². The van der Waals surface area contributed by atoms with Gasteiger partial charge in [-0.25, -0.2) is 0 Å². The molecule has 1 aliphatic heterocycles. The zero-order chi connectivity index (χ0) is 17.4. The summed E-state index contributed by atoms with van der Waals surface area (Å²) >= 11 is 0. The molecule has 0 amide bonds. The van der Waals surface area contributed by atoms with Gasteiger partial charge >= 0.3 is 17.9 Å². The van der Waals surface area contributed by atoms with Gasteiger partial charge in [0.15, 0.2) is 0 Å². The maximum Gasteiger partial charge on any atom is 0.302 e. The predicted octanol–water partition coefficient (Wildman–Crippen LogP) is 0.738. The van der Waals surface area contributed by atoms with Gasteiger partial charge in [0, 0.05) is 25.7 Å². The van der Waals surface area contributed by atoms with Crippen molar-refractivity contribution < 1.29 is 33.3 Å². The molecule has 10 heteroatoms. The van der Waals surface area contributed by atoms with E-state index < -0.39 is 42.1 Å². The van der Waals surface area contributed by atoms with Crippen molar-refractivity contribution in [2.24, 2.45) is 11.0 Å². The quantitative estimate of drug-likeness (QED) is 0.230. The second kappa shape index (κ2) is 8.96. The van der Waals surface area contributed by atoms with Crippen molar-refractivity contribution in [3.63, 3.8) is 0 Å². The third-order valence-electron chi connectivity index (χ3n) is 3.15. The van der Waals surface area contributed by atoms with Crippen LogP contribution in [0.5, 0.6) is 0 Å². The van der Waals surface area contributed by atoms with Gasteiger partial charge in [0.25, 0.3) is 0 Å². The molecule has 1 rings (SSSR count). The van der Waals surface area contributed by atoms with Crippen molar-refractivity contribution in [3.05, 3.63) is 10.4 Å². The number of azide groups is 1. The van der Waals surface area contributed by atoms with Crippen LogP contribution in [0.3, 0.4) is 0 Å². The molecule has 0 aromatic rings. The number of ether oxygens (including phenoxy) is 4. The molecular formula is C13H19N3O7. The lowest BCUT2D eigenvalue weighted by Gasteiger charge is -2.39. The van der Waals surface area contributed by atoms with Gasteiger partial charge in [0.2, 0.25) is 0 Å². The lowest BCUT2D eigenvalue weighted by molar-refractivity contribution is -0.179. The van der Waals surface area contributed by atoms with E-state index in [0.717, 1.165) is 0 Å². The van der Waals surface area contributed by atoms with Gasteiger partial charge in [-0.2, -0.15) is 0 Å². The first-order valence-corrected chi connectivity index (χ1v) is 6.95. The molecule has 1 saturated heterocycles. The largest absolute Gasteiger partial charge is 0.465 e. The summed E-state index contributed by atoms with van der Waals surface area (Å²) in [5, 5.41) is 3.60. The van der Waals surface area contributed by atoms with Gasteiger partial charge < -0.3 is 18.9 Å². The van der Waals surface area contributed by atoms with E-state index in [4.69, 9.17) is 24.5 Å². The zero-order valence-corrected chi connectivity index (χ0v) is 13.1. The van der Waals surface area contributed by atoms with E-state index >= 15 is 0 Å². The summed E-state index contributed by atoms with van der Waals surface area (Å²) in [6, 6.07) is -0.905. The van der Waals surface area contributed by atoms with Crippen LogP contribution in [0.25, 0.3) is 10.4 Å². The Balaban J connectivity index is 2.92. The van der Waals surface area contributed by atoms with E-state index in [-0.39, 0.29) is 19.8 Å². The van der Waals surface area contributed by atoms with Crippen LogP contribution < -0.4 is 0 Å². The summed E-state index contributed by atoms with van der Waals surface area (Å²) in [7, 11) is 0. The summed E-state index contributed by atoms with van der Waals surface area (Å²) in [6.45, 7) is 3.60. The van der Waals surface area contributed by atoms with E-state index in [2.05, 4.69) is 10.0 Å². The second-order valence-electron chi connectivity index (χ2n) is 5.01. The Hall–Kier alpha value is -2.32. The summed E-state index contributed by atoms with van der Waals surface area (Å²) in [5.41, 5.74) is 8.74. The average molecular weight is 329 g/mol. The summed E-state index contributed by atoms with van der Waals surface area (Å²) in [6.07, 6.45) is -1.61. The predicted molar refractivity (Wildman–Crippen MR) is 75.0 cm³/mol.